The lowest BCUT2D eigenvalue weighted by Crippen LogP contribution is -2.27. The van der Waals surface area contributed by atoms with E-state index in [0.717, 1.165) is 10.5 Å². The van der Waals surface area contributed by atoms with E-state index in [0.29, 0.717) is 24.0 Å². The van der Waals surface area contributed by atoms with Crippen LogP contribution in [0.2, 0.25) is 0 Å². The Morgan fingerprint density at radius 1 is 0.632 bits per heavy atom. The lowest BCUT2D eigenvalue weighted by atomic mass is 9.84. The topological polar surface area (TPSA) is 46.2 Å². The van der Waals surface area contributed by atoms with Crippen molar-refractivity contribution in [3.8, 4) is 0 Å². The molecule has 5 rings (SSSR count). The molecule has 186 valence electrons. The summed E-state index contributed by atoms with van der Waals surface area (Å²) in [5.41, 5.74) is 5.26. The molecule has 0 aliphatic carbocycles. The van der Waals surface area contributed by atoms with Crippen LogP contribution in [0.1, 0.15) is 43.0 Å². The standard InChI is InChI=1S/C34H27NO2S/c36-25-27-15-10-12-22-31(27)33(37)35-24-26-14-11-13-23-32(26)38-34(28-16-4-1-5-17-28,29-18-6-2-7-19-29)30-20-8-3-9-21-30/h1-23,25H,24H2,(H,35,37). The van der Waals surface area contributed by atoms with E-state index in [9.17, 15) is 9.59 Å². The van der Waals surface area contributed by atoms with Gasteiger partial charge in [-0.2, -0.15) is 0 Å². The maximum absolute atomic E-state index is 13.0. The Bertz CT molecular complexity index is 1420. The van der Waals surface area contributed by atoms with Gasteiger partial charge in [0.05, 0.1) is 4.75 Å². The molecule has 5 aromatic carbocycles. The van der Waals surface area contributed by atoms with Crippen LogP contribution in [-0.4, -0.2) is 12.2 Å². The van der Waals surface area contributed by atoms with Crippen molar-refractivity contribution in [2.45, 2.75) is 16.2 Å². The summed E-state index contributed by atoms with van der Waals surface area (Å²) in [6, 6.07) is 46.6. The summed E-state index contributed by atoms with van der Waals surface area (Å²) in [6.45, 7) is 0.337. The fourth-order valence-corrected chi connectivity index (χ4v) is 6.20. The van der Waals surface area contributed by atoms with Gasteiger partial charge in [-0.1, -0.05) is 127 Å². The van der Waals surface area contributed by atoms with E-state index in [-0.39, 0.29) is 5.91 Å². The Morgan fingerprint density at radius 2 is 1.11 bits per heavy atom. The van der Waals surface area contributed by atoms with E-state index in [1.807, 2.05) is 36.4 Å². The second-order valence-electron chi connectivity index (χ2n) is 8.88. The van der Waals surface area contributed by atoms with Crippen LogP contribution in [0.5, 0.6) is 0 Å². The largest absolute Gasteiger partial charge is 0.348 e. The monoisotopic (exact) mass is 513 g/mol. The molecule has 0 radical (unpaired) electrons. The van der Waals surface area contributed by atoms with Crippen molar-refractivity contribution in [2.24, 2.45) is 0 Å². The molecular weight excluding hydrogens is 486 g/mol. The maximum Gasteiger partial charge on any atom is 0.252 e. The van der Waals surface area contributed by atoms with E-state index < -0.39 is 4.75 Å². The minimum Gasteiger partial charge on any atom is -0.348 e. The first kappa shape index (κ1) is 25.2. The lowest BCUT2D eigenvalue weighted by molar-refractivity contribution is 0.0945. The van der Waals surface area contributed by atoms with Crippen LogP contribution in [0.25, 0.3) is 0 Å². The van der Waals surface area contributed by atoms with Crippen molar-refractivity contribution in [1.82, 2.24) is 5.32 Å². The lowest BCUT2D eigenvalue weighted by Gasteiger charge is -2.36. The van der Waals surface area contributed by atoms with Crippen LogP contribution in [-0.2, 0) is 11.3 Å². The Morgan fingerprint density at radius 3 is 1.66 bits per heavy atom. The summed E-state index contributed by atoms with van der Waals surface area (Å²) in [5, 5.41) is 3.02. The number of hydrogen-bond acceptors (Lipinski definition) is 3. The maximum atomic E-state index is 13.0. The number of hydrogen-bond donors (Lipinski definition) is 1. The predicted molar refractivity (Wildman–Crippen MR) is 155 cm³/mol. The van der Waals surface area contributed by atoms with E-state index in [2.05, 4.69) is 84.2 Å². The van der Waals surface area contributed by atoms with E-state index >= 15 is 0 Å². The highest BCUT2D eigenvalue weighted by molar-refractivity contribution is 8.00. The number of benzene rings is 5. The number of amides is 1. The molecule has 0 bridgehead atoms. The third-order valence-electron chi connectivity index (χ3n) is 6.55. The highest BCUT2D eigenvalue weighted by atomic mass is 32.2. The van der Waals surface area contributed by atoms with E-state index in [4.69, 9.17) is 0 Å². The molecular formula is C34H27NO2S. The summed E-state index contributed by atoms with van der Waals surface area (Å²) < 4.78 is -0.520. The van der Waals surface area contributed by atoms with Crippen molar-refractivity contribution in [3.63, 3.8) is 0 Å². The molecule has 5 aromatic rings. The molecule has 0 aliphatic heterocycles. The molecule has 0 atom stereocenters. The molecule has 0 heterocycles. The van der Waals surface area contributed by atoms with Crippen molar-refractivity contribution < 1.29 is 9.59 Å². The van der Waals surface area contributed by atoms with Gasteiger partial charge in [0.25, 0.3) is 5.91 Å². The molecule has 38 heavy (non-hydrogen) atoms. The molecule has 0 fully saturated rings. The highest BCUT2D eigenvalue weighted by Gasteiger charge is 2.38. The van der Waals surface area contributed by atoms with Gasteiger partial charge in [0.1, 0.15) is 0 Å². The first-order valence-electron chi connectivity index (χ1n) is 12.5. The molecule has 1 amide bonds. The smallest absolute Gasteiger partial charge is 0.252 e. The SMILES string of the molecule is O=Cc1ccccc1C(=O)NCc1ccccc1SC(c1ccccc1)(c1ccccc1)c1ccccc1. The molecule has 1 N–H and O–H groups in total. The zero-order chi connectivity index (χ0) is 26.2. The number of rotatable bonds is 9. The number of thioether (sulfide) groups is 1. The van der Waals surface area contributed by atoms with Crippen LogP contribution in [0.3, 0.4) is 0 Å². The number of aldehydes is 1. The number of carbonyl (C=O) groups is 2. The van der Waals surface area contributed by atoms with E-state index in [1.54, 1.807) is 36.0 Å². The molecule has 0 saturated carbocycles. The third-order valence-corrected chi connectivity index (χ3v) is 8.18. The van der Waals surface area contributed by atoms with Crippen molar-refractivity contribution in [1.29, 1.82) is 0 Å². The van der Waals surface area contributed by atoms with Gasteiger partial charge in [0, 0.05) is 22.6 Å². The van der Waals surface area contributed by atoms with Gasteiger partial charge in [-0.25, -0.2) is 0 Å². The Hall–Kier alpha value is -4.41. The second kappa shape index (κ2) is 11.8. The quantitative estimate of drug-likeness (QED) is 0.126. The average molecular weight is 514 g/mol. The van der Waals surface area contributed by atoms with Gasteiger partial charge in [0.2, 0.25) is 0 Å². The minimum atomic E-state index is -0.520. The van der Waals surface area contributed by atoms with Gasteiger partial charge >= 0.3 is 0 Å². The van der Waals surface area contributed by atoms with Crippen molar-refractivity contribution in [2.75, 3.05) is 0 Å². The summed E-state index contributed by atoms with van der Waals surface area (Å²) in [7, 11) is 0. The molecule has 0 aliphatic rings. The zero-order valence-electron chi connectivity index (χ0n) is 20.8. The molecule has 3 nitrogen and oxygen atoms in total. The fraction of sp³-hybridized carbons (Fsp3) is 0.0588. The number of nitrogens with one attached hydrogen (secondary N) is 1. The van der Waals surface area contributed by atoms with Crippen LogP contribution in [0.4, 0.5) is 0 Å². The van der Waals surface area contributed by atoms with Gasteiger partial charge in [-0.15, -0.1) is 11.8 Å². The summed E-state index contributed by atoms with van der Waals surface area (Å²) in [5.74, 6) is -0.270. The van der Waals surface area contributed by atoms with E-state index in [1.165, 1.54) is 16.7 Å². The van der Waals surface area contributed by atoms with Crippen molar-refractivity contribution in [3.05, 3.63) is 173 Å². The van der Waals surface area contributed by atoms with Gasteiger partial charge in [0.15, 0.2) is 6.29 Å². The van der Waals surface area contributed by atoms with Gasteiger partial charge < -0.3 is 5.32 Å². The Kier molecular flexibility index (Phi) is 7.81. The van der Waals surface area contributed by atoms with Gasteiger partial charge in [-0.3, -0.25) is 9.59 Å². The van der Waals surface area contributed by atoms with Crippen LogP contribution >= 0.6 is 11.8 Å². The summed E-state index contributed by atoms with van der Waals surface area (Å²) in [6.07, 6.45) is 0.715. The normalized spacial score (nSPS) is 11.1. The second-order valence-corrected chi connectivity index (χ2v) is 10.1. The Labute approximate surface area is 227 Å². The van der Waals surface area contributed by atoms with Crippen LogP contribution < -0.4 is 5.32 Å². The summed E-state index contributed by atoms with van der Waals surface area (Å²) >= 11 is 1.77. The highest BCUT2D eigenvalue weighted by Crippen LogP contribution is 2.52. The van der Waals surface area contributed by atoms with Crippen molar-refractivity contribution >= 4 is 24.0 Å². The zero-order valence-corrected chi connectivity index (χ0v) is 21.6. The fourth-order valence-electron chi connectivity index (χ4n) is 4.69. The van der Waals surface area contributed by atoms with Crippen LogP contribution in [0, 0.1) is 0 Å². The number of carbonyl (C=O) groups excluding carboxylic acids is 2. The molecule has 0 aromatic heterocycles. The molecule has 0 saturated heterocycles. The van der Waals surface area contributed by atoms with Gasteiger partial charge in [-0.05, 0) is 34.4 Å². The first-order valence-corrected chi connectivity index (χ1v) is 13.3. The predicted octanol–water partition coefficient (Wildman–Crippen LogP) is 7.51. The average Bonchev–Trinajstić information content (AvgIpc) is 3.00. The molecule has 4 heteroatoms. The molecule has 0 unspecified atom stereocenters. The summed E-state index contributed by atoms with van der Waals surface area (Å²) in [4.78, 5) is 25.5. The first-order chi connectivity index (χ1) is 18.7. The third kappa shape index (κ3) is 5.17. The minimum absolute atomic E-state index is 0.270. The molecule has 0 spiro atoms. The Balaban J connectivity index is 1.57. The van der Waals surface area contributed by atoms with Crippen LogP contribution in [0.15, 0.2) is 144 Å².